The normalized spacial score (nSPS) is 16.5. The summed E-state index contributed by atoms with van der Waals surface area (Å²) in [7, 11) is 0. The van der Waals surface area contributed by atoms with Crippen LogP contribution in [0.1, 0.15) is 39.1 Å². The van der Waals surface area contributed by atoms with Crippen molar-refractivity contribution in [1.29, 1.82) is 0 Å². The van der Waals surface area contributed by atoms with Crippen molar-refractivity contribution in [3.8, 4) is 0 Å². The number of amides is 2. The van der Waals surface area contributed by atoms with Crippen molar-refractivity contribution in [3.05, 3.63) is 65.0 Å². The fourth-order valence-corrected chi connectivity index (χ4v) is 3.37. The number of nitrogens with zero attached hydrogens (tertiary/aromatic N) is 1. The van der Waals surface area contributed by atoms with Gasteiger partial charge in [-0.05, 0) is 43.5 Å². The maximum Gasteiger partial charge on any atom is 0.308 e. The van der Waals surface area contributed by atoms with E-state index in [1.165, 1.54) is 23.1 Å². The molecule has 1 unspecified atom stereocenters. The van der Waals surface area contributed by atoms with Crippen molar-refractivity contribution in [2.75, 3.05) is 18.4 Å². The van der Waals surface area contributed by atoms with Crippen LogP contribution in [-0.4, -0.2) is 40.9 Å². The lowest BCUT2D eigenvalue weighted by molar-refractivity contribution is -0.143. The minimum Gasteiger partial charge on any atom is -0.481 e. The predicted molar refractivity (Wildman–Crippen MR) is 102 cm³/mol. The van der Waals surface area contributed by atoms with Crippen LogP contribution in [0.15, 0.2) is 42.5 Å². The number of benzene rings is 2. The summed E-state index contributed by atoms with van der Waals surface area (Å²) in [5.41, 5.74) is 1.10. The highest BCUT2D eigenvalue weighted by Crippen LogP contribution is 2.26. The molecule has 0 aromatic heterocycles. The number of anilines is 1. The summed E-state index contributed by atoms with van der Waals surface area (Å²) in [6, 6.07) is 10.6. The van der Waals surface area contributed by atoms with E-state index in [2.05, 4.69) is 5.32 Å². The van der Waals surface area contributed by atoms with Gasteiger partial charge in [-0.2, -0.15) is 0 Å². The van der Waals surface area contributed by atoms with Gasteiger partial charge in [0.25, 0.3) is 11.8 Å². The predicted octanol–water partition coefficient (Wildman–Crippen LogP) is 3.32. The third kappa shape index (κ3) is 4.03. The van der Waals surface area contributed by atoms with E-state index in [0.717, 1.165) is 0 Å². The number of carbonyl (C=O) groups excluding carboxylic acids is 2. The SMILES string of the molecule is Cc1cccc(C(=O)N2CCCC(C(=O)O)C2)c1NC(=O)c1ccccc1F. The van der Waals surface area contributed by atoms with Crippen molar-refractivity contribution < 1.29 is 23.9 Å². The Bertz CT molecular complexity index is 928. The highest BCUT2D eigenvalue weighted by atomic mass is 19.1. The molecular formula is C21H21FN2O4. The number of carboxylic acids is 1. The largest absolute Gasteiger partial charge is 0.481 e. The van der Waals surface area contributed by atoms with E-state index in [0.29, 0.717) is 30.6 Å². The van der Waals surface area contributed by atoms with E-state index in [1.54, 1.807) is 31.2 Å². The molecule has 0 spiro atoms. The third-order valence-electron chi connectivity index (χ3n) is 4.92. The highest BCUT2D eigenvalue weighted by Gasteiger charge is 2.30. The van der Waals surface area contributed by atoms with Gasteiger partial charge < -0.3 is 15.3 Å². The first-order valence-corrected chi connectivity index (χ1v) is 9.06. The molecule has 2 aromatic carbocycles. The first kappa shape index (κ1) is 19.5. The maximum atomic E-state index is 13.9. The lowest BCUT2D eigenvalue weighted by atomic mass is 9.97. The Hall–Kier alpha value is -3.22. The van der Waals surface area contributed by atoms with Gasteiger partial charge in [0.1, 0.15) is 5.82 Å². The van der Waals surface area contributed by atoms with Gasteiger partial charge in [0.15, 0.2) is 0 Å². The maximum absolute atomic E-state index is 13.9. The fraction of sp³-hybridized carbons (Fsp3) is 0.286. The van der Waals surface area contributed by atoms with Crippen LogP contribution in [-0.2, 0) is 4.79 Å². The topological polar surface area (TPSA) is 86.7 Å². The van der Waals surface area contributed by atoms with E-state index in [4.69, 9.17) is 0 Å². The molecule has 1 aliphatic heterocycles. The molecular weight excluding hydrogens is 363 g/mol. The van der Waals surface area contributed by atoms with E-state index in [1.807, 2.05) is 0 Å². The summed E-state index contributed by atoms with van der Waals surface area (Å²) in [6.07, 6.45) is 1.13. The van der Waals surface area contributed by atoms with Crippen LogP contribution in [0, 0.1) is 18.7 Å². The second kappa shape index (κ2) is 8.21. The zero-order valence-electron chi connectivity index (χ0n) is 15.4. The number of nitrogens with one attached hydrogen (secondary N) is 1. The van der Waals surface area contributed by atoms with Crippen molar-refractivity contribution in [1.82, 2.24) is 4.90 Å². The Morgan fingerprint density at radius 3 is 2.54 bits per heavy atom. The molecule has 1 fully saturated rings. The van der Waals surface area contributed by atoms with Gasteiger partial charge in [-0.15, -0.1) is 0 Å². The molecule has 1 saturated heterocycles. The molecule has 6 nitrogen and oxygen atoms in total. The van der Waals surface area contributed by atoms with Gasteiger partial charge in [0.2, 0.25) is 0 Å². The van der Waals surface area contributed by atoms with Gasteiger partial charge in [-0.1, -0.05) is 24.3 Å². The lowest BCUT2D eigenvalue weighted by Gasteiger charge is -2.31. The number of carboxylic acid groups (broad SMARTS) is 1. The van der Waals surface area contributed by atoms with Crippen LogP contribution in [0.25, 0.3) is 0 Å². The first-order valence-electron chi connectivity index (χ1n) is 9.06. The molecule has 1 aliphatic rings. The smallest absolute Gasteiger partial charge is 0.308 e. The Morgan fingerprint density at radius 2 is 1.82 bits per heavy atom. The molecule has 0 bridgehead atoms. The van der Waals surface area contributed by atoms with E-state index < -0.39 is 23.6 Å². The average Bonchev–Trinajstić information content (AvgIpc) is 2.69. The van der Waals surface area contributed by atoms with Crippen LogP contribution in [0.4, 0.5) is 10.1 Å². The number of halogens is 1. The molecule has 3 rings (SSSR count). The second-order valence-corrected chi connectivity index (χ2v) is 6.86. The van der Waals surface area contributed by atoms with Crippen LogP contribution >= 0.6 is 0 Å². The second-order valence-electron chi connectivity index (χ2n) is 6.86. The summed E-state index contributed by atoms with van der Waals surface area (Å²) >= 11 is 0. The fourth-order valence-electron chi connectivity index (χ4n) is 3.37. The van der Waals surface area contributed by atoms with E-state index in [-0.39, 0.29) is 23.6 Å². The Morgan fingerprint density at radius 1 is 1.11 bits per heavy atom. The third-order valence-corrected chi connectivity index (χ3v) is 4.92. The molecule has 0 radical (unpaired) electrons. The van der Waals surface area contributed by atoms with Crippen LogP contribution in [0.3, 0.4) is 0 Å². The monoisotopic (exact) mass is 384 g/mol. The quantitative estimate of drug-likeness (QED) is 0.847. The molecule has 28 heavy (non-hydrogen) atoms. The molecule has 2 N–H and O–H groups in total. The van der Waals surface area contributed by atoms with Gasteiger partial charge >= 0.3 is 5.97 Å². The molecule has 2 aromatic rings. The highest BCUT2D eigenvalue weighted by molar-refractivity contribution is 6.09. The molecule has 2 amide bonds. The standard InChI is InChI=1S/C21H21FN2O4/c1-13-6-4-9-16(20(26)24-11-5-7-14(12-24)21(27)28)18(13)23-19(25)15-8-2-3-10-17(15)22/h2-4,6,8-10,14H,5,7,11-12H2,1H3,(H,23,25)(H,27,28). The van der Waals surface area contributed by atoms with Crippen molar-refractivity contribution >= 4 is 23.5 Å². The van der Waals surface area contributed by atoms with Gasteiger partial charge in [-0.3, -0.25) is 14.4 Å². The van der Waals surface area contributed by atoms with Gasteiger partial charge in [0.05, 0.1) is 22.7 Å². The van der Waals surface area contributed by atoms with Crippen LogP contribution in [0.2, 0.25) is 0 Å². The van der Waals surface area contributed by atoms with E-state index in [9.17, 15) is 23.9 Å². The summed E-state index contributed by atoms with van der Waals surface area (Å²) in [5.74, 6) is -3.17. The number of piperidine rings is 1. The van der Waals surface area contributed by atoms with E-state index >= 15 is 0 Å². The minimum absolute atomic E-state index is 0.118. The average molecular weight is 384 g/mol. The number of para-hydroxylation sites is 1. The van der Waals surface area contributed by atoms with Crippen molar-refractivity contribution in [2.45, 2.75) is 19.8 Å². The summed E-state index contributed by atoms with van der Waals surface area (Å²) in [4.78, 5) is 38.3. The lowest BCUT2D eigenvalue weighted by Crippen LogP contribution is -2.42. The minimum atomic E-state index is -0.921. The van der Waals surface area contributed by atoms with Crippen LogP contribution < -0.4 is 5.32 Å². The van der Waals surface area contributed by atoms with Crippen molar-refractivity contribution in [3.63, 3.8) is 0 Å². The number of carbonyl (C=O) groups is 3. The molecule has 0 aliphatic carbocycles. The number of hydrogen-bond donors (Lipinski definition) is 2. The summed E-state index contributed by atoms with van der Waals surface area (Å²) < 4.78 is 13.9. The summed E-state index contributed by atoms with van der Waals surface area (Å²) in [5, 5.41) is 11.9. The Balaban J connectivity index is 1.88. The van der Waals surface area contributed by atoms with Gasteiger partial charge in [0, 0.05) is 13.1 Å². The number of rotatable bonds is 4. The Kier molecular flexibility index (Phi) is 5.73. The van der Waals surface area contributed by atoms with Crippen LogP contribution in [0.5, 0.6) is 0 Å². The number of likely N-dealkylation sites (tertiary alicyclic amines) is 1. The molecule has 0 saturated carbocycles. The first-order chi connectivity index (χ1) is 13.4. The molecule has 146 valence electrons. The van der Waals surface area contributed by atoms with Crippen molar-refractivity contribution in [2.24, 2.45) is 5.92 Å². The van der Waals surface area contributed by atoms with Gasteiger partial charge in [-0.25, -0.2) is 4.39 Å². The number of aliphatic carboxylic acids is 1. The molecule has 7 heteroatoms. The number of aryl methyl sites for hydroxylation is 1. The number of hydrogen-bond acceptors (Lipinski definition) is 3. The Labute approximate surface area is 162 Å². The zero-order valence-corrected chi connectivity index (χ0v) is 15.4. The summed E-state index contributed by atoms with van der Waals surface area (Å²) in [6.45, 7) is 2.32. The molecule has 1 atom stereocenters. The molecule has 1 heterocycles. The zero-order chi connectivity index (χ0) is 20.3.